The fourth-order valence-electron chi connectivity index (χ4n) is 4.97. The minimum atomic E-state index is 0.0613. The van der Waals surface area contributed by atoms with Gasteiger partial charge in [-0.2, -0.15) is 0 Å². The Hall–Kier alpha value is -2.21. The van der Waals surface area contributed by atoms with Gasteiger partial charge in [0.25, 0.3) is 5.91 Å². The van der Waals surface area contributed by atoms with Crippen LogP contribution in [0.3, 0.4) is 0 Å². The highest BCUT2D eigenvalue weighted by Gasteiger charge is 2.28. The van der Waals surface area contributed by atoms with E-state index in [1.165, 1.54) is 28.9 Å². The number of rotatable bonds is 6. The van der Waals surface area contributed by atoms with Gasteiger partial charge < -0.3 is 14.7 Å². The molecule has 1 aliphatic carbocycles. The van der Waals surface area contributed by atoms with Crippen molar-refractivity contribution in [3.8, 4) is 0 Å². The number of nitrogens with zero attached hydrogens (tertiary/aromatic N) is 2. The highest BCUT2D eigenvalue weighted by Crippen LogP contribution is 2.23. The molecule has 162 valence electrons. The minimum absolute atomic E-state index is 0.0613. The summed E-state index contributed by atoms with van der Waals surface area (Å²) in [4.78, 5) is 42.6. The van der Waals surface area contributed by atoms with Crippen LogP contribution in [0.25, 0.3) is 0 Å². The number of hydrogen-bond donors (Lipinski definition) is 1. The third-order valence-electron chi connectivity index (χ3n) is 6.92. The van der Waals surface area contributed by atoms with E-state index in [2.05, 4.69) is 6.07 Å². The van der Waals surface area contributed by atoms with E-state index < -0.39 is 0 Å². The van der Waals surface area contributed by atoms with E-state index in [4.69, 9.17) is 0 Å². The normalized spacial score (nSPS) is 19.6. The maximum atomic E-state index is 12.6. The first-order chi connectivity index (χ1) is 14.6. The molecule has 2 aliphatic heterocycles. The molecule has 0 bridgehead atoms. The quantitative estimate of drug-likeness (QED) is 0.706. The maximum Gasteiger partial charge on any atom is 0.277 e. The van der Waals surface area contributed by atoms with E-state index in [0.29, 0.717) is 19.6 Å². The van der Waals surface area contributed by atoms with Crippen LogP contribution >= 0.6 is 0 Å². The molecule has 2 saturated heterocycles. The number of likely N-dealkylation sites (tertiary alicyclic amines) is 1. The third kappa shape index (κ3) is 5.09. The zero-order valence-electron chi connectivity index (χ0n) is 18.0. The molecule has 0 saturated carbocycles. The molecular weight excluding hydrogens is 378 g/mol. The largest absolute Gasteiger partial charge is 0.338 e. The molecule has 30 heavy (non-hydrogen) atoms. The molecule has 0 radical (unpaired) electrons. The van der Waals surface area contributed by atoms with E-state index in [0.717, 1.165) is 57.4 Å². The van der Waals surface area contributed by atoms with Crippen LogP contribution in [0.4, 0.5) is 0 Å². The van der Waals surface area contributed by atoms with E-state index in [1.54, 1.807) is 0 Å². The van der Waals surface area contributed by atoms with Gasteiger partial charge in [0.2, 0.25) is 5.91 Å². The van der Waals surface area contributed by atoms with Gasteiger partial charge in [0.05, 0.1) is 26.2 Å². The number of piperazine rings is 1. The van der Waals surface area contributed by atoms with Crippen LogP contribution in [0.2, 0.25) is 0 Å². The zero-order chi connectivity index (χ0) is 20.9. The number of Topliss-reactive ketones (excluding diaryl/α,β-unsaturated/α-hetero) is 1. The Morgan fingerprint density at radius 3 is 2.17 bits per heavy atom. The molecule has 6 heteroatoms. The number of quaternary nitrogens is 1. The first-order valence-electron chi connectivity index (χ1n) is 11.6. The molecule has 2 fully saturated rings. The fourth-order valence-corrected chi connectivity index (χ4v) is 4.97. The third-order valence-corrected chi connectivity index (χ3v) is 6.92. The number of carbonyl (C=O) groups excluding carboxylic acids is 3. The lowest BCUT2D eigenvalue weighted by Gasteiger charge is -2.32. The summed E-state index contributed by atoms with van der Waals surface area (Å²) >= 11 is 0. The summed E-state index contributed by atoms with van der Waals surface area (Å²) in [7, 11) is 0. The van der Waals surface area contributed by atoms with E-state index >= 15 is 0 Å². The van der Waals surface area contributed by atoms with Crippen LogP contribution in [0.15, 0.2) is 18.2 Å². The molecule has 6 nitrogen and oxygen atoms in total. The Labute approximate surface area is 179 Å². The Kier molecular flexibility index (Phi) is 6.82. The average molecular weight is 413 g/mol. The van der Waals surface area contributed by atoms with E-state index in [9.17, 15) is 14.4 Å². The van der Waals surface area contributed by atoms with Crippen LogP contribution in [0.5, 0.6) is 0 Å². The first kappa shape index (κ1) is 21.0. The van der Waals surface area contributed by atoms with Gasteiger partial charge in [0.15, 0.2) is 12.3 Å². The number of hydrogen-bond acceptors (Lipinski definition) is 3. The van der Waals surface area contributed by atoms with Crippen molar-refractivity contribution in [2.75, 3.05) is 45.8 Å². The van der Waals surface area contributed by atoms with Gasteiger partial charge in [0, 0.05) is 31.5 Å². The number of amides is 2. The summed E-state index contributed by atoms with van der Waals surface area (Å²) in [6, 6.07) is 6.06. The van der Waals surface area contributed by atoms with E-state index in [1.807, 2.05) is 21.9 Å². The first-order valence-corrected chi connectivity index (χ1v) is 11.6. The van der Waals surface area contributed by atoms with Crippen LogP contribution in [0.1, 0.15) is 60.0 Å². The molecule has 3 aliphatic rings. The molecule has 0 spiro atoms. The molecule has 1 aromatic carbocycles. The number of benzene rings is 1. The second kappa shape index (κ2) is 9.73. The van der Waals surface area contributed by atoms with Gasteiger partial charge in [-0.25, -0.2) is 0 Å². The van der Waals surface area contributed by atoms with Crippen LogP contribution in [0, 0.1) is 0 Å². The number of ketones is 1. The van der Waals surface area contributed by atoms with Gasteiger partial charge in [-0.3, -0.25) is 14.4 Å². The Bertz CT molecular complexity index is 793. The zero-order valence-corrected chi connectivity index (χ0v) is 18.0. The predicted octanol–water partition coefficient (Wildman–Crippen LogP) is 0.878. The van der Waals surface area contributed by atoms with Gasteiger partial charge in [0.1, 0.15) is 0 Å². The summed E-state index contributed by atoms with van der Waals surface area (Å²) in [6.45, 7) is 5.31. The molecule has 0 atom stereocenters. The molecule has 4 rings (SSSR count). The molecule has 0 aromatic heterocycles. The highest BCUT2D eigenvalue weighted by atomic mass is 16.2. The van der Waals surface area contributed by atoms with Gasteiger partial charge in [-0.05, 0) is 55.7 Å². The van der Waals surface area contributed by atoms with Crippen molar-refractivity contribution in [2.45, 2.75) is 51.4 Å². The molecule has 2 amide bonds. The average Bonchev–Trinajstić information content (AvgIpc) is 3.32. The predicted molar refractivity (Wildman–Crippen MR) is 115 cm³/mol. The Morgan fingerprint density at radius 2 is 1.43 bits per heavy atom. The standard InChI is InChI=1S/C24H33N3O3/c28-22(21-8-7-19-5-1-2-6-20(19)17-21)9-10-23(29)27-15-13-25(14-16-27)18-24(30)26-11-3-4-12-26/h7-8,17H,1-6,9-16,18H2/p+1. The number of carbonyl (C=O) groups is 3. The summed E-state index contributed by atoms with van der Waals surface area (Å²) in [6.07, 6.45) is 7.39. The molecular formula is C24H34N3O3+. The monoisotopic (exact) mass is 412 g/mol. The summed E-state index contributed by atoms with van der Waals surface area (Å²) in [5.74, 6) is 0.376. The smallest absolute Gasteiger partial charge is 0.277 e. The second-order valence-corrected chi connectivity index (χ2v) is 9.01. The Morgan fingerprint density at radius 1 is 0.767 bits per heavy atom. The van der Waals surface area contributed by atoms with E-state index in [-0.39, 0.29) is 30.4 Å². The summed E-state index contributed by atoms with van der Waals surface area (Å²) < 4.78 is 0. The Balaban J connectivity index is 1.20. The molecule has 2 heterocycles. The van der Waals surface area contributed by atoms with Crippen LogP contribution in [-0.2, 0) is 22.4 Å². The fraction of sp³-hybridized carbons (Fsp3) is 0.625. The maximum absolute atomic E-state index is 12.6. The van der Waals surface area contributed by atoms with Crippen molar-refractivity contribution in [3.63, 3.8) is 0 Å². The molecule has 1 aromatic rings. The van der Waals surface area contributed by atoms with Crippen molar-refractivity contribution < 1.29 is 19.3 Å². The van der Waals surface area contributed by atoms with Crippen molar-refractivity contribution >= 4 is 17.6 Å². The van der Waals surface area contributed by atoms with Crippen molar-refractivity contribution in [2.24, 2.45) is 0 Å². The van der Waals surface area contributed by atoms with Crippen molar-refractivity contribution in [1.29, 1.82) is 0 Å². The topological polar surface area (TPSA) is 62.1 Å². The van der Waals surface area contributed by atoms with Crippen molar-refractivity contribution in [1.82, 2.24) is 9.80 Å². The summed E-state index contributed by atoms with van der Waals surface area (Å²) in [5, 5.41) is 0. The molecule has 1 N–H and O–H groups in total. The van der Waals surface area contributed by atoms with Gasteiger partial charge in [-0.15, -0.1) is 0 Å². The lowest BCUT2D eigenvalue weighted by molar-refractivity contribution is -0.896. The summed E-state index contributed by atoms with van der Waals surface area (Å²) in [5.41, 5.74) is 3.43. The molecule has 0 unspecified atom stereocenters. The SMILES string of the molecule is O=C(CCC(=O)N1CC[NH+](CC(=O)N2CCCC2)CC1)c1ccc2c(c1)CCCC2. The highest BCUT2D eigenvalue weighted by molar-refractivity contribution is 5.98. The van der Waals surface area contributed by atoms with Crippen LogP contribution < -0.4 is 4.90 Å². The lowest BCUT2D eigenvalue weighted by atomic mass is 9.89. The number of nitrogens with one attached hydrogen (secondary N) is 1. The second-order valence-electron chi connectivity index (χ2n) is 9.01. The van der Waals surface area contributed by atoms with Gasteiger partial charge in [-0.1, -0.05) is 12.1 Å². The van der Waals surface area contributed by atoms with Crippen molar-refractivity contribution in [3.05, 3.63) is 34.9 Å². The minimum Gasteiger partial charge on any atom is -0.338 e. The lowest BCUT2D eigenvalue weighted by Crippen LogP contribution is -3.15. The number of fused-ring (bicyclic) bond motifs is 1. The van der Waals surface area contributed by atoms with Gasteiger partial charge >= 0.3 is 0 Å². The number of aryl methyl sites for hydroxylation is 2. The van der Waals surface area contributed by atoms with Crippen LogP contribution in [-0.4, -0.2) is 73.2 Å².